The highest BCUT2D eigenvalue weighted by Gasteiger charge is 2.39. The molecule has 1 rings (SSSR count). The summed E-state index contributed by atoms with van der Waals surface area (Å²) >= 11 is 0. The van der Waals surface area contributed by atoms with Crippen molar-refractivity contribution in [2.75, 3.05) is 13.7 Å². The van der Waals surface area contributed by atoms with E-state index >= 15 is 0 Å². The third kappa shape index (κ3) is 3.63. The molecule has 0 bridgehead atoms. The van der Waals surface area contributed by atoms with Crippen LogP contribution in [0.4, 0.5) is 0 Å². The summed E-state index contributed by atoms with van der Waals surface area (Å²) in [6.07, 6.45) is 0.860. The summed E-state index contributed by atoms with van der Waals surface area (Å²) in [5.74, 6) is -1.16. The SMILES string of the molecule is CC[C@@H]1COC(C)(C)O[C@H]1CC(=[N+]=[N-])C(=O)OC. The molecule has 1 aliphatic rings. The molecule has 0 saturated carbocycles. The first kappa shape index (κ1) is 14.8. The first-order chi connectivity index (χ1) is 8.43. The lowest BCUT2D eigenvalue weighted by Gasteiger charge is -2.40. The lowest BCUT2D eigenvalue weighted by Crippen LogP contribution is -2.46. The molecule has 6 nitrogen and oxygen atoms in total. The maximum absolute atomic E-state index is 11.4. The Hall–Kier alpha value is -1.23. The standard InChI is InChI=1S/C12H20N2O4/c1-5-8-7-17-12(2,3)18-10(8)6-9(14-13)11(15)16-4/h8,10H,5-7H2,1-4H3/t8-,10+/m1/s1. The summed E-state index contributed by atoms with van der Waals surface area (Å²) in [5, 5.41) is 0. The molecule has 0 radical (unpaired) electrons. The second-order valence-corrected chi connectivity index (χ2v) is 4.78. The molecular formula is C12H20N2O4. The van der Waals surface area contributed by atoms with Gasteiger partial charge in [-0.15, -0.1) is 0 Å². The number of nitrogens with zero attached hydrogens (tertiary/aromatic N) is 2. The zero-order valence-corrected chi connectivity index (χ0v) is 11.3. The maximum atomic E-state index is 11.4. The first-order valence-corrected chi connectivity index (χ1v) is 6.04. The van der Waals surface area contributed by atoms with Crippen LogP contribution in [0, 0.1) is 5.92 Å². The Bertz CT molecular complexity index is 361. The highest BCUT2D eigenvalue weighted by Crippen LogP contribution is 2.29. The molecule has 0 spiro atoms. The number of carbonyl (C=O) groups excluding carboxylic acids is 1. The van der Waals surface area contributed by atoms with Crippen LogP contribution in [-0.2, 0) is 19.0 Å². The van der Waals surface area contributed by atoms with Gasteiger partial charge in [-0.25, -0.2) is 4.79 Å². The lowest BCUT2D eigenvalue weighted by atomic mass is 9.94. The number of hydrogen-bond donors (Lipinski definition) is 0. The highest BCUT2D eigenvalue weighted by atomic mass is 16.7. The van der Waals surface area contributed by atoms with E-state index in [1.807, 2.05) is 20.8 Å². The highest BCUT2D eigenvalue weighted by molar-refractivity contribution is 6.33. The van der Waals surface area contributed by atoms with Crippen LogP contribution in [0.1, 0.15) is 33.6 Å². The van der Waals surface area contributed by atoms with E-state index in [0.29, 0.717) is 6.61 Å². The zero-order valence-electron chi connectivity index (χ0n) is 11.3. The number of hydrogen-bond acceptors (Lipinski definition) is 4. The van der Waals surface area contributed by atoms with Crippen molar-refractivity contribution in [2.24, 2.45) is 5.92 Å². The third-order valence-corrected chi connectivity index (χ3v) is 3.07. The van der Waals surface area contributed by atoms with Crippen LogP contribution in [0.5, 0.6) is 0 Å². The summed E-state index contributed by atoms with van der Waals surface area (Å²) in [6.45, 7) is 6.23. The molecule has 0 N–H and O–H groups in total. The van der Waals surface area contributed by atoms with Crippen LogP contribution >= 0.6 is 0 Å². The van der Waals surface area contributed by atoms with Gasteiger partial charge in [0.25, 0.3) is 0 Å². The second kappa shape index (κ2) is 6.09. The molecule has 1 aliphatic heterocycles. The Balaban J connectivity index is 2.78. The lowest BCUT2D eigenvalue weighted by molar-refractivity contribution is -0.292. The van der Waals surface area contributed by atoms with Crippen LogP contribution in [0.2, 0.25) is 0 Å². The monoisotopic (exact) mass is 256 g/mol. The largest absolute Gasteiger partial charge is 0.460 e. The molecule has 1 heterocycles. The van der Waals surface area contributed by atoms with Gasteiger partial charge in [0.2, 0.25) is 0 Å². The van der Waals surface area contributed by atoms with Crippen molar-refractivity contribution in [3.8, 4) is 0 Å². The molecular weight excluding hydrogens is 236 g/mol. The number of methoxy groups -OCH3 is 1. The van der Waals surface area contributed by atoms with E-state index in [-0.39, 0.29) is 24.2 Å². The number of carbonyl (C=O) groups is 1. The summed E-state index contributed by atoms with van der Waals surface area (Å²) in [6, 6.07) is 0. The summed E-state index contributed by atoms with van der Waals surface area (Å²) in [7, 11) is 1.25. The predicted molar refractivity (Wildman–Crippen MR) is 63.9 cm³/mol. The van der Waals surface area contributed by atoms with Crippen molar-refractivity contribution in [3.05, 3.63) is 5.53 Å². The van der Waals surface area contributed by atoms with Gasteiger partial charge in [0, 0.05) is 5.92 Å². The first-order valence-electron chi connectivity index (χ1n) is 6.04. The van der Waals surface area contributed by atoms with Crippen LogP contribution in [-0.4, -0.2) is 42.1 Å². The minimum atomic E-state index is -0.687. The van der Waals surface area contributed by atoms with E-state index in [2.05, 4.69) is 9.53 Å². The molecule has 0 aromatic rings. The molecule has 102 valence electrons. The van der Waals surface area contributed by atoms with Gasteiger partial charge in [-0.1, -0.05) is 6.92 Å². The third-order valence-electron chi connectivity index (χ3n) is 3.07. The van der Waals surface area contributed by atoms with Crippen LogP contribution in [0.15, 0.2) is 0 Å². The van der Waals surface area contributed by atoms with Crippen molar-refractivity contribution in [2.45, 2.75) is 45.5 Å². The van der Waals surface area contributed by atoms with E-state index in [1.165, 1.54) is 7.11 Å². The summed E-state index contributed by atoms with van der Waals surface area (Å²) in [5.41, 5.74) is 8.82. The van der Waals surface area contributed by atoms with Crippen molar-refractivity contribution >= 4 is 11.7 Å². The molecule has 6 heteroatoms. The van der Waals surface area contributed by atoms with Gasteiger partial charge in [0.1, 0.15) is 0 Å². The zero-order chi connectivity index (χ0) is 13.8. The van der Waals surface area contributed by atoms with E-state index < -0.39 is 11.8 Å². The smallest absolute Gasteiger partial charge is 0.416 e. The average Bonchev–Trinajstić information content (AvgIpc) is 2.34. The molecule has 0 unspecified atom stereocenters. The fraction of sp³-hybridized carbons (Fsp3) is 0.833. The van der Waals surface area contributed by atoms with Gasteiger partial charge in [-0.2, -0.15) is 4.79 Å². The Morgan fingerprint density at radius 2 is 2.22 bits per heavy atom. The molecule has 0 aliphatic carbocycles. The maximum Gasteiger partial charge on any atom is 0.416 e. The summed E-state index contributed by atoms with van der Waals surface area (Å²) < 4.78 is 15.9. The average molecular weight is 256 g/mol. The fourth-order valence-corrected chi connectivity index (χ4v) is 1.97. The molecule has 1 saturated heterocycles. The van der Waals surface area contributed by atoms with Gasteiger partial charge in [-0.3, -0.25) is 0 Å². The minimum Gasteiger partial charge on any atom is -0.460 e. The molecule has 0 amide bonds. The van der Waals surface area contributed by atoms with Crippen molar-refractivity contribution in [3.63, 3.8) is 0 Å². The topological polar surface area (TPSA) is 81.2 Å². The van der Waals surface area contributed by atoms with Crippen LogP contribution in [0.3, 0.4) is 0 Å². The summed E-state index contributed by atoms with van der Waals surface area (Å²) in [4.78, 5) is 14.4. The van der Waals surface area contributed by atoms with Gasteiger partial charge < -0.3 is 19.7 Å². The van der Waals surface area contributed by atoms with Crippen molar-refractivity contribution in [1.29, 1.82) is 0 Å². The second-order valence-electron chi connectivity index (χ2n) is 4.78. The van der Waals surface area contributed by atoms with Crippen LogP contribution in [0.25, 0.3) is 5.53 Å². The molecule has 1 fully saturated rings. The number of ether oxygens (including phenoxy) is 3. The van der Waals surface area contributed by atoms with Crippen molar-refractivity contribution < 1.29 is 23.8 Å². The predicted octanol–water partition coefficient (Wildman–Crippen LogP) is 1.40. The van der Waals surface area contributed by atoms with Gasteiger partial charge in [0.15, 0.2) is 5.79 Å². The Morgan fingerprint density at radius 3 is 2.72 bits per heavy atom. The van der Waals surface area contributed by atoms with Crippen LogP contribution < -0.4 is 0 Å². The molecule has 18 heavy (non-hydrogen) atoms. The Labute approximate surface area is 107 Å². The molecule has 2 atom stereocenters. The molecule has 0 aromatic carbocycles. The van der Waals surface area contributed by atoms with E-state index in [0.717, 1.165) is 6.42 Å². The van der Waals surface area contributed by atoms with E-state index in [4.69, 9.17) is 15.0 Å². The van der Waals surface area contributed by atoms with E-state index in [9.17, 15) is 4.79 Å². The Kier molecular flexibility index (Phi) is 5.02. The Morgan fingerprint density at radius 1 is 1.56 bits per heavy atom. The van der Waals surface area contributed by atoms with E-state index in [1.54, 1.807) is 0 Å². The van der Waals surface area contributed by atoms with Crippen molar-refractivity contribution in [1.82, 2.24) is 0 Å². The molecule has 0 aromatic heterocycles. The normalized spacial score (nSPS) is 26.2. The van der Waals surface area contributed by atoms with Gasteiger partial charge in [0.05, 0.1) is 26.2 Å². The number of esters is 1. The fourth-order valence-electron chi connectivity index (χ4n) is 1.97. The quantitative estimate of drug-likeness (QED) is 0.329. The van der Waals surface area contributed by atoms with Gasteiger partial charge in [-0.05, 0) is 20.3 Å². The van der Waals surface area contributed by atoms with Gasteiger partial charge >= 0.3 is 11.7 Å². The minimum absolute atomic E-state index is 0.0290. The number of rotatable bonds is 4.